The number of rotatable bonds is 4. The van der Waals surface area contributed by atoms with E-state index in [0.717, 1.165) is 13.1 Å². The Morgan fingerprint density at radius 3 is 2.35 bits per heavy atom. The molecule has 0 saturated carbocycles. The van der Waals surface area contributed by atoms with Gasteiger partial charge in [0, 0.05) is 33.2 Å². The third-order valence-corrected chi connectivity index (χ3v) is 3.09. The van der Waals surface area contributed by atoms with Gasteiger partial charge in [0.25, 0.3) is 0 Å². The summed E-state index contributed by atoms with van der Waals surface area (Å²) in [7, 11) is 1.63. The van der Waals surface area contributed by atoms with Crippen molar-refractivity contribution in [3.8, 4) is 0 Å². The second kappa shape index (κ2) is 6.56. The van der Waals surface area contributed by atoms with E-state index in [2.05, 4.69) is 5.32 Å². The number of hydrogen-bond donors (Lipinski definition) is 2. The molecule has 17 heavy (non-hydrogen) atoms. The lowest BCUT2D eigenvalue weighted by atomic mass is 10.2. The van der Waals surface area contributed by atoms with E-state index < -0.39 is 0 Å². The molecule has 0 aromatic rings. The zero-order chi connectivity index (χ0) is 12.8. The van der Waals surface area contributed by atoms with Crippen LogP contribution in [-0.4, -0.2) is 67.4 Å². The molecule has 1 atom stereocenters. The number of likely N-dealkylation sites (N-methyl/N-ethyl adjacent to an activating group) is 1. The van der Waals surface area contributed by atoms with Crippen molar-refractivity contribution in [2.45, 2.75) is 19.4 Å². The molecule has 1 aliphatic rings. The van der Waals surface area contributed by atoms with Crippen molar-refractivity contribution in [2.75, 3.05) is 39.8 Å². The summed E-state index contributed by atoms with van der Waals surface area (Å²) >= 11 is 0. The second-order valence-electron chi connectivity index (χ2n) is 4.29. The number of carbonyl (C=O) groups is 2. The molecular weight excluding hydrogens is 220 g/mol. The van der Waals surface area contributed by atoms with Gasteiger partial charge in [0.1, 0.15) is 0 Å². The first-order valence-corrected chi connectivity index (χ1v) is 6.05. The predicted octanol–water partition coefficient (Wildman–Crippen LogP) is -1.39. The average Bonchev–Trinajstić information content (AvgIpc) is 2.37. The Hall–Kier alpha value is -1.14. The van der Waals surface area contributed by atoms with E-state index in [9.17, 15) is 9.59 Å². The normalized spacial score (nSPS) is 18.9. The summed E-state index contributed by atoms with van der Waals surface area (Å²) in [6.45, 7) is 5.08. The fourth-order valence-electron chi connectivity index (χ4n) is 1.82. The van der Waals surface area contributed by atoms with Gasteiger partial charge in [-0.15, -0.1) is 0 Å². The quantitative estimate of drug-likeness (QED) is 0.636. The van der Waals surface area contributed by atoms with Gasteiger partial charge in [-0.25, -0.2) is 0 Å². The molecule has 1 heterocycles. The van der Waals surface area contributed by atoms with Gasteiger partial charge in [-0.1, -0.05) is 6.92 Å². The zero-order valence-electron chi connectivity index (χ0n) is 10.6. The Bertz CT molecular complexity index is 275. The molecule has 6 heteroatoms. The summed E-state index contributed by atoms with van der Waals surface area (Å²) in [6.07, 6.45) is 0.664. The lowest BCUT2D eigenvalue weighted by molar-refractivity contribution is -0.134. The van der Waals surface area contributed by atoms with Gasteiger partial charge in [0.15, 0.2) is 0 Å². The van der Waals surface area contributed by atoms with E-state index in [-0.39, 0.29) is 17.9 Å². The maximum atomic E-state index is 11.8. The van der Waals surface area contributed by atoms with Gasteiger partial charge in [-0.3, -0.25) is 14.5 Å². The predicted molar refractivity (Wildman–Crippen MR) is 65.4 cm³/mol. The third-order valence-electron chi connectivity index (χ3n) is 3.09. The summed E-state index contributed by atoms with van der Waals surface area (Å²) in [5.41, 5.74) is 5.72. The lowest BCUT2D eigenvalue weighted by Gasteiger charge is -2.35. The third kappa shape index (κ3) is 3.98. The second-order valence-corrected chi connectivity index (χ2v) is 4.29. The largest absolute Gasteiger partial charge is 0.358 e. The SMILES string of the molecule is CCC(N)C(=O)N1CCN(CC(=O)NC)CC1. The van der Waals surface area contributed by atoms with Crippen molar-refractivity contribution in [3.05, 3.63) is 0 Å². The smallest absolute Gasteiger partial charge is 0.239 e. The molecule has 6 nitrogen and oxygen atoms in total. The Labute approximate surface area is 102 Å². The summed E-state index contributed by atoms with van der Waals surface area (Å²) < 4.78 is 0. The molecule has 0 radical (unpaired) electrons. The maximum absolute atomic E-state index is 11.8. The van der Waals surface area contributed by atoms with Crippen LogP contribution < -0.4 is 11.1 Å². The minimum absolute atomic E-state index is 0.00929. The summed E-state index contributed by atoms with van der Waals surface area (Å²) in [6, 6.07) is -0.388. The molecule has 3 N–H and O–H groups in total. The number of carbonyl (C=O) groups excluding carboxylic acids is 2. The summed E-state index contributed by atoms with van der Waals surface area (Å²) in [5, 5.41) is 2.59. The molecular formula is C11H22N4O2. The summed E-state index contributed by atoms with van der Waals surface area (Å²) in [5.74, 6) is 0.0297. The maximum Gasteiger partial charge on any atom is 0.239 e. The van der Waals surface area contributed by atoms with Crippen LogP contribution >= 0.6 is 0 Å². The van der Waals surface area contributed by atoms with Crippen LogP contribution in [0.2, 0.25) is 0 Å². The highest BCUT2D eigenvalue weighted by Gasteiger charge is 2.24. The molecule has 1 aliphatic heterocycles. The van der Waals surface area contributed by atoms with E-state index >= 15 is 0 Å². The summed E-state index contributed by atoms with van der Waals surface area (Å²) in [4.78, 5) is 26.8. The number of nitrogens with two attached hydrogens (primary N) is 1. The molecule has 1 saturated heterocycles. The van der Waals surface area contributed by atoms with Crippen molar-refractivity contribution < 1.29 is 9.59 Å². The number of nitrogens with one attached hydrogen (secondary N) is 1. The highest BCUT2D eigenvalue weighted by Crippen LogP contribution is 2.04. The lowest BCUT2D eigenvalue weighted by Crippen LogP contribution is -2.54. The van der Waals surface area contributed by atoms with Gasteiger partial charge in [-0.2, -0.15) is 0 Å². The molecule has 1 fully saturated rings. The first kappa shape index (κ1) is 13.9. The van der Waals surface area contributed by atoms with Crippen molar-refractivity contribution in [1.82, 2.24) is 15.1 Å². The molecule has 1 rings (SSSR count). The monoisotopic (exact) mass is 242 g/mol. The van der Waals surface area contributed by atoms with Crippen LogP contribution in [0.25, 0.3) is 0 Å². The van der Waals surface area contributed by atoms with E-state index in [1.165, 1.54) is 0 Å². The van der Waals surface area contributed by atoms with Crippen LogP contribution in [-0.2, 0) is 9.59 Å². The van der Waals surface area contributed by atoms with E-state index in [1.807, 2.05) is 11.8 Å². The molecule has 0 aromatic heterocycles. The van der Waals surface area contributed by atoms with E-state index in [4.69, 9.17) is 5.73 Å². The zero-order valence-corrected chi connectivity index (χ0v) is 10.6. The number of piperazine rings is 1. The minimum atomic E-state index is -0.388. The van der Waals surface area contributed by atoms with Crippen molar-refractivity contribution in [2.24, 2.45) is 5.73 Å². The van der Waals surface area contributed by atoms with E-state index in [1.54, 1.807) is 11.9 Å². The number of hydrogen-bond acceptors (Lipinski definition) is 4. The minimum Gasteiger partial charge on any atom is -0.358 e. The molecule has 0 aliphatic carbocycles. The van der Waals surface area contributed by atoms with Crippen LogP contribution in [0.5, 0.6) is 0 Å². The van der Waals surface area contributed by atoms with Crippen molar-refractivity contribution in [1.29, 1.82) is 0 Å². The van der Waals surface area contributed by atoms with Crippen molar-refractivity contribution >= 4 is 11.8 Å². The van der Waals surface area contributed by atoms with Crippen LogP contribution in [0.1, 0.15) is 13.3 Å². The molecule has 0 bridgehead atoms. The Kier molecular flexibility index (Phi) is 5.37. The van der Waals surface area contributed by atoms with Gasteiger partial charge in [0.2, 0.25) is 11.8 Å². The fraction of sp³-hybridized carbons (Fsp3) is 0.818. The topological polar surface area (TPSA) is 78.7 Å². The van der Waals surface area contributed by atoms with Crippen LogP contribution in [0.4, 0.5) is 0 Å². The van der Waals surface area contributed by atoms with Crippen molar-refractivity contribution in [3.63, 3.8) is 0 Å². The van der Waals surface area contributed by atoms with E-state index in [0.29, 0.717) is 26.1 Å². The Morgan fingerprint density at radius 1 is 1.29 bits per heavy atom. The first-order valence-electron chi connectivity index (χ1n) is 6.05. The highest BCUT2D eigenvalue weighted by molar-refractivity contribution is 5.81. The highest BCUT2D eigenvalue weighted by atomic mass is 16.2. The number of nitrogens with zero attached hydrogens (tertiary/aromatic N) is 2. The first-order chi connectivity index (χ1) is 8.08. The fourth-order valence-corrected chi connectivity index (χ4v) is 1.82. The molecule has 0 spiro atoms. The Morgan fingerprint density at radius 2 is 1.88 bits per heavy atom. The Balaban J connectivity index is 2.35. The van der Waals surface area contributed by atoms with Crippen LogP contribution in [0.3, 0.4) is 0 Å². The van der Waals surface area contributed by atoms with Gasteiger partial charge < -0.3 is 16.0 Å². The van der Waals surface area contributed by atoms with Gasteiger partial charge >= 0.3 is 0 Å². The standard InChI is InChI=1S/C11H22N4O2/c1-3-9(12)11(17)15-6-4-14(5-7-15)8-10(16)13-2/h9H,3-8,12H2,1-2H3,(H,13,16). The molecule has 2 amide bonds. The van der Waals surface area contributed by atoms with Crippen LogP contribution in [0, 0.1) is 0 Å². The van der Waals surface area contributed by atoms with Gasteiger partial charge in [-0.05, 0) is 6.42 Å². The molecule has 98 valence electrons. The average molecular weight is 242 g/mol. The van der Waals surface area contributed by atoms with Crippen LogP contribution in [0.15, 0.2) is 0 Å². The van der Waals surface area contributed by atoms with Gasteiger partial charge in [0.05, 0.1) is 12.6 Å². The molecule has 1 unspecified atom stereocenters. The molecule has 0 aromatic carbocycles. The number of amides is 2.